The minimum Gasteiger partial charge on any atom is -0.469 e. The number of halogens is 2. The Morgan fingerprint density at radius 1 is 1.43 bits per heavy atom. The fourth-order valence-electron chi connectivity index (χ4n) is 2.34. The van der Waals surface area contributed by atoms with Crippen molar-refractivity contribution in [1.82, 2.24) is 9.97 Å². The first-order valence-electron chi connectivity index (χ1n) is 6.12. The molecule has 0 aliphatic heterocycles. The highest BCUT2D eigenvalue weighted by Gasteiger charge is 2.42. The van der Waals surface area contributed by atoms with Gasteiger partial charge in [-0.1, -0.05) is 6.42 Å². The lowest BCUT2D eigenvalue weighted by Crippen LogP contribution is -2.35. The monoisotopic (exact) mass is 441 g/mol. The molecule has 116 valence electrons. The number of sulfonamides is 1. The highest BCUT2D eigenvalue weighted by molar-refractivity contribution is 9.11. The van der Waals surface area contributed by atoms with E-state index in [-0.39, 0.29) is 10.4 Å². The number of hydrogen-bond acceptors (Lipinski definition) is 6. The Morgan fingerprint density at radius 2 is 2.14 bits per heavy atom. The summed E-state index contributed by atoms with van der Waals surface area (Å²) in [6.45, 7) is 0. The predicted molar refractivity (Wildman–Crippen MR) is 83.1 cm³/mol. The second kappa shape index (κ2) is 6.57. The van der Waals surface area contributed by atoms with Gasteiger partial charge in [0, 0.05) is 0 Å². The molecule has 7 nitrogen and oxygen atoms in total. The Bertz CT molecular complexity index is 653. The van der Waals surface area contributed by atoms with Crippen molar-refractivity contribution >= 4 is 53.7 Å². The molecule has 2 atom stereocenters. The second-order valence-electron chi connectivity index (χ2n) is 4.58. The molecule has 1 saturated carbocycles. The molecule has 0 amide bonds. The number of carbonyl (C=O) groups is 1. The lowest BCUT2D eigenvalue weighted by Gasteiger charge is -2.18. The molecule has 0 bridgehead atoms. The molecule has 1 fully saturated rings. The number of ether oxygens (including phenoxy) is 1. The molecule has 0 saturated heterocycles. The van der Waals surface area contributed by atoms with Crippen molar-refractivity contribution in [1.29, 1.82) is 0 Å². The SMILES string of the molecule is COC(=O)C1CCCC1S(=O)(=O)Nc1ncc(Br)nc1Br. The molecule has 1 aliphatic carbocycles. The van der Waals surface area contributed by atoms with Crippen LogP contribution >= 0.6 is 31.9 Å². The van der Waals surface area contributed by atoms with Crippen molar-refractivity contribution in [3.8, 4) is 0 Å². The molecule has 1 aromatic rings. The van der Waals surface area contributed by atoms with Gasteiger partial charge in [-0.2, -0.15) is 0 Å². The molecule has 10 heteroatoms. The van der Waals surface area contributed by atoms with Gasteiger partial charge in [-0.3, -0.25) is 9.52 Å². The smallest absolute Gasteiger partial charge is 0.310 e. The van der Waals surface area contributed by atoms with Crippen LogP contribution in [0, 0.1) is 5.92 Å². The molecule has 21 heavy (non-hydrogen) atoms. The lowest BCUT2D eigenvalue weighted by molar-refractivity contribution is -0.145. The molecular weight excluding hydrogens is 430 g/mol. The van der Waals surface area contributed by atoms with E-state index < -0.39 is 27.2 Å². The molecule has 2 unspecified atom stereocenters. The Hall–Kier alpha value is -0.740. The van der Waals surface area contributed by atoms with Gasteiger partial charge in [0.2, 0.25) is 10.0 Å². The number of hydrogen-bond donors (Lipinski definition) is 1. The third-order valence-corrected chi connectivity index (χ3v) is 6.07. The van der Waals surface area contributed by atoms with Crippen LogP contribution in [0.3, 0.4) is 0 Å². The van der Waals surface area contributed by atoms with Crippen LogP contribution in [0.15, 0.2) is 15.4 Å². The zero-order valence-corrected chi connectivity index (χ0v) is 15.0. The van der Waals surface area contributed by atoms with E-state index >= 15 is 0 Å². The number of nitrogens with one attached hydrogen (secondary N) is 1. The van der Waals surface area contributed by atoms with Crippen LogP contribution in [-0.2, 0) is 19.6 Å². The maximum atomic E-state index is 12.5. The van der Waals surface area contributed by atoms with E-state index in [0.29, 0.717) is 23.9 Å². The van der Waals surface area contributed by atoms with Crippen molar-refractivity contribution in [2.24, 2.45) is 5.92 Å². The lowest BCUT2D eigenvalue weighted by atomic mass is 10.1. The Kier molecular flexibility index (Phi) is 5.20. The fourth-order valence-corrected chi connectivity index (χ4v) is 5.11. The van der Waals surface area contributed by atoms with Crippen LogP contribution in [0.5, 0.6) is 0 Å². The summed E-state index contributed by atoms with van der Waals surface area (Å²) in [5.74, 6) is -1.05. The average molecular weight is 443 g/mol. The summed E-state index contributed by atoms with van der Waals surface area (Å²) < 4.78 is 32.7. The minimum atomic E-state index is -3.75. The maximum absolute atomic E-state index is 12.5. The van der Waals surface area contributed by atoms with Crippen LogP contribution in [0.1, 0.15) is 19.3 Å². The van der Waals surface area contributed by atoms with Crippen LogP contribution < -0.4 is 4.72 Å². The summed E-state index contributed by atoms with van der Waals surface area (Å²) in [4.78, 5) is 19.6. The number of anilines is 1. The van der Waals surface area contributed by atoms with E-state index in [9.17, 15) is 13.2 Å². The van der Waals surface area contributed by atoms with Gasteiger partial charge in [-0.15, -0.1) is 0 Å². The molecule has 0 aromatic carbocycles. The van der Waals surface area contributed by atoms with Gasteiger partial charge in [0.15, 0.2) is 10.4 Å². The predicted octanol–water partition coefficient (Wildman–Crippen LogP) is 2.08. The van der Waals surface area contributed by atoms with Gasteiger partial charge in [0.1, 0.15) is 4.60 Å². The standard InChI is InChI=1S/C11H13Br2N3O4S/c1-20-11(17)6-3-2-4-7(6)21(18,19)16-10-9(13)15-8(12)5-14-10/h5-7H,2-4H2,1H3,(H,14,16). The Balaban J connectivity index is 2.23. The number of carbonyl (C=O) groups excluding carboxylic acids is 1. The van der Waals surface area contributed by atoms with Crippen molar-refractivity contribution < 1.29 is 17.9 Å². The van der Waals surface area contributed by atoms with Gasteiger partial charge in [0.25, 0.3) is 0 Å². The highest BCUT2D eigenvalue weighted by atomic mass is 79.9. The third-order valence-electron chi connectivity index (χ3n) is 3.29. The summed E-state index contributed by atoms with van der Waals surface area (Å²) in [5.41, 5.74) is 0. The minimum absolute atomic E-state index is 0.0914. The normalized spacial score (nSPS) is 22.0. The number of esters is 1. The summed E-state index contributed by atoms with van der Waals surface area (Å²) in [6.07, 6.45) is 2.97. The first kappa shape index (κ1) is 16.6. The van der Waals surface area contributed by atoms with Gasteiger partial charge in [0.05, 0.1) is 24.5 Å². The molecule has 1 N–H and O–H groups in total. The molecule has 0 radical (unpaired) electrons. The first-order chi connectivity index (χ1) is 9.85. The van der Waals surface area contributed by atoms with Crippen LogP contribution in [0.25, 0.3) is 0 Å². The number of nitrogens with zero attached hydrogens (tertiary/aromatic N) is 2. The summed E-state index contributed by atoms with van der Waals surface area (Å²) in [5, 5.41) is -0.817. The van der Waals surface area contributed by atoms with Crippen molar-refractivity contribution in [3.05, 3.63) is 15.4 Å². The van der Waals surface area contributed by atoms with Gasteiger partial charge in [-0.25, -0.2) is 18.4 Å². The van der Waals surface area contributed by atoms with Crippen molar-refractivity contribution in [2.45, 2.75) is 24.5 Å². The third kappa shape index (κ3) is 3.72. The van der Waals surface area contributed by atoms with Crippen LogP contribution in [0.4, 0.5) is 5.82 Å². The molecular formula is C11H13Br2N3O4S. The van der Waals surface area contributed by atoms with Crippen molar-refractivity contribution in [2.75, 3.05) is 11.8 Å². The molecule has 0 spiro atoms. The van der Waals surface area contributed by atoms with E-state index in [1.807, 2.05) is 0 Å². The van der Waals surface area contributed by atoms with E-state index in [1.54, 1.807) is 0 Å². The Labute approximate surface area is 139 Å². The van der Waals surface area contributed by atoms with Crippen LogP contribution in [-0.4, -0.2) is 36.7 Å². The van der Waals surface area contributed by atoms with E-state index in [4.69, 9.17) is 0 Å². The van der Waals surface area contributed by atoms with Crippen molar-refractivity contribution in [3.63, 3.8) is 0 Å². The molecule has 1 heterocycles. The second-order valence-corrected chi connectivity index (χ2v) is 8.04. The fraction of sp³-hybridized carbons (Fsp3) is 0.545. The van der Waals surface area contributed by atoms with E-state index in [2.05, 4.69) is 51.3 Å². The van der Waals surface area contributed by atoms with Gasteiger partial charge < -0.3 is 4.74 Å². The average Bonchev–Trinajstić information content (AvgIpc) is 2.91. The number of aromatic nitrogens is 2. The molecule has 2 rings (SSSR count). The molecule has 1 aromatic heterocycles. The Morgan fingerprint density at radius 3 is 2.76 bits per heavy atom. The molecule has 1 aliphatic rings. The quantitative estimate of drug-likeness (QED) is 0.716. The van der Waals surface area contributed by atoms with Gasteiger partial charge in [-0.05, 0) is 44.7 Å². The summed E-state index contributed by atoms with van der Waals surface area (Å²) in [7, 11) is -2.49. The number of rotatable bonds is 4. The van der Waals surface area contributed by atoms with Gasteiger partial charge >= 0.3 is 5.97 Å². The van der Waals surface area contributed by atoms with E-state index in [0.717, 1.165) is 0 Å². The van der Waals surface area contributed by atoms with Crippen LogP contribution in [0.2, 0.25) is 0 Å². The largest absolute Gasteiger partial charge is 0.469 e. The zero-order valence-electron chi connectivity index (χ0n) is 11.0. The summed E-state index contributed by atoms with van der Waals surface area (Å²) >= 11 is 6.28. The summed E-state index contributed by atoms with van der Waals surface area (Å²) in [6, 6.07) is 0. The first-order valence-corrected chi connectivity index (χ1v) is 9.26. The topological polar surface area (TPSA) is 98.2 Å². The maximum Gasteiger partial charge on any atom is 0.310 e. The number of methoxy groups -OCH3 is 1. The van der Waals surface area contributed by atoms with E-state index in [1.165, 1.54) is 13.3 Å². The highest BCUT2D eigenvalue weighted by Crippen LogP contribution is 2.33. The zero-order chi connectivity index (χ0) is 15.6.